The van der Waals surface area contributed by atoms with Crippen molar-refractivity contribution in [2.75, 3.05) is 0 Å². The smallest absolute Gasteiger partial charge is 0.126 e. The highest BCUT2D eigenvalue weighted by molar-refractivity contribution is 5.76. The Morgan fingerprint density at radius 3 is 0.956 bits per heavy atom. The standard InChI is InChI=1S/C24H32O.C23H26O.C22H26O.C20H22O.C19H20O/c25-24-22(18-13-19-23(24)21-16-11-8-12-17-21)20-14-9-6-4-2-1-3-5-7-10-15-20;24-23-20(15-5-2-1-3-6-15)7-4-8-21(23)18-11-12-19-16-9-10-17(13-16)22(19)14-18;23-22-20(17-10-2-1-3-11-17)14-19(16-8-4-5-9-16)15-21(22)18-12-6-7-13-18;21-20-17(15-5-2-1-3-6-15)7-4-8-18(20)19-13-14-9-11-16(19)12-10-14;20-19-16(14-5-2-1-3-6-14)7-4-8-17(19)18-12-13-9-10-15(18)11-13/h8,11-13,16-20,25H,1-7,9-10,14-15H2;1-8,16-19,22,24H,9-14H2;1-3,10-11,14-16,18,23H,4-9,12-13H2;1-8,14,16,19,21H,9-13H2;1-8,13,15,18,20H,9-12H2. The molecule has 6 bridgehead atoms. The van der Waals surface area contributed by atoms with Gasteiger partial charge in [-0.2, -0.15) is 0 Å². The van der Waals surface area contributed by atoms with Crippen LogP contribution in [-0.4, -0.2) is 25.5 Å². The van der Waals surface area contributed by atoms with Gasteiger partial charge in [0.25, 0.3) is 0 Å². The predicted octanol–water partition coefficient (Wildman–Crippen LogP) is 30.1. The van der Waals surface area contributed by atoms with E-state index in [-0.39, 0.29) is 0 Å². The average molecular weight is 1500 g/mol. The van der Waals surface area contributed by atoms with E-state index in [0.717, 1.165) is 103 Å². The van der Waals surface area contributed by atoms with Gasteiger partial charge in [0.1, 0.15) is 28.7 Å². The van der Waals surface area contributed by atoms with Crippen LogP contribution in [0.1, 0.15) is 287 Å². The van der Waals surface area contributed by atoms with E-state index in [2.05, 4.69) is 140 Å². The third kappa shape index (κ3) is 18.3. The number of phenolic OH excluding ortho intramolecular Hbond substituents is 5. The predicted molar refractivity (Wildman–Crippen MR) is 469 cm³/mol. The molecule has 0 radical (unpaired) electrons. The summed E-state index contributed by atoms with van der Waals surface area (Å²) in [6.45, 7) is 0. The first-order valence-electron chi connectivity index (χ1n) is 45.1. The van der Waals surface area contributed by atoms with Crippen molar-refractivity contribution >= 4 is 0 Å². The van der Waals surface area contributed by atoms with Crippen molar-refractivity contribution in [3.63, 3.8) is 0 Å². The maximum atomic E-state index is 11.0. The number of rotatable bonds is 11. The van der Waals surface area contributed by atoms with E-state index in [9.17, 15) is 25.5 Å². The number of aromatic hydroxyl groups is 5. The lowest BCUT2D eigenvalue weighted by Gasteiger charge is -2.43. The first-order chi connectivity index (χ1) is 55.6. The van der Waals surface area contributed by atoms with Crippen molar-refractivity contribution in [1.29, 1.82) is 0 Å². The number of fused-ring (bicyclic) bond motifs is 10. The molecule has 0 spiro atoms. The number of hydrogen-bond donors (Lipinski definition) is 5. The zero-order valence-electron chi connectivity index (χ0n) is 67.4. The summed E-state index contributed by atoms with van der Waals surface area (Å²) in [6, 6.07) is 81.2. The maximum Gasteiger partial charge on any atom is 0.126 e. The van der Waals surface area contributed by atoms with Crippen LogP contribution in [0.3, 0.4) is 0 Å². The highest BCUT2D eigenvalue weighted by Gasteiger charge is 2.50. The summed E-state index contributed by atoms with van der Waals surface area (Å²) >= 11 is 0. The lowest BCUT2D eigenvalue weighted by Crippen LogP contribution is -2.29. The lowest BCUT2D eigenvalue weighted by molar-refractivity contribution is 0.143. The summed E-state index contributed by atoms with van der Waals surface area (Å²) < 4.78 is 0. The molecular formula is C108H126O5. The first-order valence-corrected chi connectivity index (χ1v) is 45.1. The molecule has 9 atom stereocenters. The zero-order chi connectivity index (χ0) is 76.8. The van der Waals surface area contributed by atoms with Crippen molar-refractivity contribution in [1.82, 2.24) is 0 Å². The number of hydrogen-bond acceptors (Lipinski definition) is 5. The largest absolute Gasteiger partial charge is 0.507 e. The minimum Gasteiger partial charge on any atom is -0.507 e. The Bertz CT molecular complexity index is 4630. The van der Waals surface area contributed by atoms with Crippen LogP contribution in [0.25, 0.3) is 55.6 Å². The quantitative estimate of drug-likeness (QED) is 0.0888. The molecule has 11 saturated carbocycles. The SMILES string of the molecule is Oc1c(-c2ccccc2)cc(C2CCCC2)cc1C1CCCC1.Oc1c(-c2ccccc2)cccc1C1CC2CCC1C2.Oc1c(-c2ccccc2)cccc1C1CC2CCC1CC2.Oc1c(-c2ccccc2)cccc1C1CCC2C3CCC(C3)C2C1.Oc1c(-c2ccccc2)cccc1C1CCCCCCCCCCC1. The fraction of sp³-hybridized carbons (Fsp3) is 0.444. The third-order valence-electron chi connectivity index (χ3n) is 29.7. The number of para-hydroxylation sites is 4. The van der Waals surface area contributed by atoms with E-state index in [4.69, 9.17) is 0 Å². The van der Waals surface area contributed by atoms with Gasteiger partial charge in [0.05, 0.1) is 0 Å². The second-order valence-corrected chi connectivity index (χ2v) is 36.3. The van der Waals surface area contributed by atoms with Crippen LogP contribution in [0.15, 0.2) is 237 Å². The fourth-order valence-corrected chi connectivity index (χ4v) is 23.8. The zero-order valence-corrected chi connectivity index (χ0v) is 67.4. The minimum absolute atomic E-state index is 0.503. The van der Waals surface area contributed by atoms with Crippen molar-refractivity contribution < 1.29 is 25.5 Å². The molecule has 113 heavy (non-hydrogen) atoms. The number of phenols is 5. The van der Waals surface area contributed by atoms with Gasteiger partial charge in [-0.05, 0) is 266 Å². The Kier molecular flexibility index (Phi) is 26.0. The van der Waals surface area contributed by atoms with E-state index < -0.39 is 0 Å². The van der Waals surface area contributed by atoms with Crippen LogP contribution < -0.4 is 0 Å². The topological polar surface area (TPSA) is 101 Å². The second kappa shape index (κ2) is 37.7. The summed E-state index contributed by atoms with van der Waals surface area (Å²) in [5, 5.41) is 54.5. The molecule has 0 amide bonds. The molecule has 0 aliphatic heterocycles. The summed E-state index contributed by atoms with van der Waals surface area (Å²) in [5.74, 6) is 13.4. The van der Waals surface area contributed by atoms with Crippen molar-refractivity contribution in [3.05, 3.63) is 270 Å². The van der Waals surface area contributed by atoms with Gasteiger partial charge in [0.2, 0.25) is 0 Å². The monoisotopic (exact) mass is 1500 g/mol. The van der Waals surface area contributed by atoms with Crippen LogP contribution >= 0.6 is 0 Å². The van der Waals surface area contributed by atoms with Gasteiger partial charge in [-0.1, -0.05) is 333 Å². The molecule has 5 heteroatoms. The van der Waals surface area contributed by atoms with Crippen molar-refractivity contribution in [3.8, 4) is 84.4 Å². The number of benzene rings is 10. The van der Waals surface area contributed by atoms with Crippen LogP contribution in [0.4, 0.5) is 0 Å². The van der Waals surface area contributed by atoms with Gasteiger partial charge in [-0.3, -0.25) is 0 Å². The van der Waals surface area contributed by atoms with Gasteiger partial charge < -0.3 is 25.5 Å². The summed E-state index contributed by atoms with van der Waals surface area (Å²) in [5.41, 5.74) is 17.9. The molecule has 0 aromatic heterocycles. The second-order valence-electron chi connectivity index (χ2n) is 36.3. The van der Waals surface area contributed by atoms with E-state index in [0.29, 0.717) is 64.3 Å². The lowest BCUT2D eigenvalue weighted by atomic mass is 9.62. The van der Waals surface area contributed by atoms with E-state index >= 15 is 0 Å². The Hall–Kier alpha value is -8.80. The van der Waals surface area contributed by atoms with Crippen LogP contribution in [-0.2, 0) is 0 Å². The van der Waals surface area contributed by atoms with E-state index in [1.54, 1.807) is 0 Å². The Morgan fingerprint density at radius 2 is 0.531 bits per heavy atom. The van der Waals surface area contributed by atoms with Gasteiger partial charge in [-0.15, -0.1) is 0 Å². The molecule has 0 heterocycles. The molecule has 21 rings (SSSR count). The molecule has 5 nitrogen and oxygen atoms in total. The van der Waals surface area contributed by atoms with Crippen LogP contribution in [0.5, 0.6) is 28.7 Å². The first kappa shape index (κ1) is 78.1. The Labute approximate surface area is 676 Å². The van der Waals surface area contributed by atoms with Gasteiger partial charge in [0, 0.05) is 27.8 Å². The molecule has 5 N–H and O–H groups in total. The molecular weight excluding hydrogens is 1380 g/mol. The molecule has 10 aromatic carbocycles. The molecule has 9 unspecified atom stereocenters. The van der Waals surface area contributed by atoms with Gasteiger partial charge in [-0.25, -0.2) is 0 Å². The third-order valence-corrected chi connectivity index (χ3v) is 29.7. The van der Waals surface area contributed by atoms with Crippen LogP contribution in [0, 0.1) is 47.3 Å². The van der Waals surface area contributed by atoms with Crippen LogP contribution in [0.2, 0.25) is 0 Å². The normalized spacial score (nSPS) is 25.4. The maximum absolute atomic E-state index is 11.0. The molecule has 11 fully saturated rings. The molecule has 10 aromatic rings. The van der Waals surface area contributed by atoms with Crippen molar-refractivity contribution in [2.24, 2.45) is 47.3 Å². The highest BCUT2D eigenvalue weighted by Crippen LogP contribution is 2.61. The molecule has 588 valence electrons. The fourth-order valence-electron chi connectivity index (χ4n) is 23.8. The van der Waals surface area contributed by atoms with Gasteiger partial charge in [0.15, 0.2) is 0 Å². The summed E-state index contributed by atoms with van der Waals surface area (Å²) in [6.07, 6.45) is 45.7. The molecule has 0 saturated heterocycles. The molecule has 11 aliphatic carbocycles. The Balaban J connectivity index is 0.000000107. The highest BCUT2D eigenvalue weighted by atomic mass is 16.3. The summed E-state index contributed by atoms with van der Waals surface area (Å²) in [4.78, 5) is 0. The minimum atomic E-state index is 0.503. The molecule has 11 aliphatic rings. The van der Waals surface area contributed by atoms with Crippen molar-refractivity contribution in [2.45, 2.75) is 254 Å². The van der Waals surface area contributed by atoms with Gasteiger partial charge >= 0.3 is 0 Å². The summed E-state index contributed by atoms with van der Waals surface area (Å²) in [7, 11) is 0. The van der Waals surface area contributed by atoms with E-state index in [1.807, 2.05) is 97.1 Å². The van der Waals surface area contributed by atoms with E-state index in [1.165, 1.54) is 252 Å². The Morgan fingerprint density at radius 1 is 0.195 bits per heavy atom. The average Bonchev–Trinajstić information content (AvgIpc) is 1.65.